The van der Waals surface area contributed by atoms with Crippen molar-refractivity contribution in [3.05, 3.63) is 52.7 Å². The fourth-order valence-electron chi connectivity index (χ4n) is 1.75. The van der Waals surface area contributed by atoms with E-state index in [9.17, 15) is 14.4 Å². The van der Waals surface area contributed by atoms with Gasteiger partial charge in [0.1, 0.15) is 6.29 Å². The molecule has 22 heavy (non-hydrogen) atoms. The molecule has 7 heteroatoms. The van der Waals surface area contributed by atoms with Crippen molar-refractivity contribution in [1.82, 2.24) is 10.7 Å². The molecule has 0 radical (unpaired) electrons. The van der Waals surface area contributed by atoms with Crippen LogP contribution in [0.1, 0.15) is 4.88 Å². The van der Waals surface area contributed by atoms with Crippen molar-refractivity contribution >= 4 is 35.2 Å². The van der Waals surface area contributed by atoms with E-state index in [0.717, 1.165) is 9.89 Å². The van der Waals surface area contributed by atoms with Crippen molar-refractivity contribution < 1.29 is 14.4 Å². The summed E-state index contributed by atoms with van der Waals surface area (Å²) in [5.74, 6) is -0.312. The van der Waals surface area contributed by atoms with Crippen LogP contribution in [-0.2, 0) is 16.0 Å². The van der Waals surface area contributed by atoms with E-state index in [1.54, 1.807) is 30.3 Å². The van der Waals surface area contributed by atoms with Gasteiger partial charge in [0, 0.05) is 4.88 Å². The number of aldehydes is 1. The minimum Gasteiger partial charge on any atom is -0.329 e. The van der Waals surface area contributed by atoms with Crippen LogP contribution in [0.2, 0.25) is 0 Å². The van der Waals surface area contributed by atoms with Gasteiger partial charge in [-0.3, -0.25) is 10.2 Å². The molecule has 1 aromatic heterocycles. The molecule has 0 saturated carbocycles. The molecule has 0 aliphatic rings. The first-order chi connectivity index (χ1) is 10.7. The van der Waals surface area contributed by atoms with E-state index < -0.39 is 6.03 Å². The van der Waals surface area contributed by atoms with Gasteiger partial charge in [-0.1, -0.05) is 24.3 Å². The van der Waals surface area contributed by atoms with Crippen molar-refractivity contribution in [2.75, 3.05) is 11.6 Å². The summed E-state index contributed by atoms with van der Waals surface area (Å²) >= 11 is 1.47. The first-order valence-electron chi connectivity index (χ1n) is 6.59. The van der Waals surface area contributed by atoms with E-state index in [-0.39, 0.29) is 18.9 Å². The molecule has 2 rings (SSSR count). The van der Waals surface area contributed by atoms with Crippen LogP contribution in [-0.4, -0.2) is 24.8 Å². The van der Waals surface area contributed by atoms with Crippen molar-refractivity contribution in [3.8, 4) is 0 Å². The highest BCUT2D eigenvalue weighted by Gasteiger charge is 2.18. The number of nitrogens with one attached hydrogen (secondary N) is 2. The SMILES string of the molecule is O=CCNC(=O)N(NC(=O)Cc1cccs1)c1ccccc1. The minimum absolute atomic E-state index is 0.122. The van der Waals surface area contributed by atoms with Crippen molar-refractivity contribution in [2.45, 2.75) is 6.42 Å². The first-order valence-corrected chi connectivity index (χ1v) is 7.47. The van der Waals surface area contributed by atoms with Crippen molar-refractivity contribution in [3.63, 3.8) is 0 Å². The molecule has 0 saturated heterocycles. The average Bonchev–Trinajstić information content (AvgIpc) is 3.04. The van der Waals surface area contributed by atoms with E-state index in [0.29, 0.717) is 12.0 Å². The van der Waals surface area contributed by atoms with E-state index in [2.05, 4.69) is 10.7 Å². The Morgan fingerprint density at radius 1 is 1.14 bits per heavy atom. The highest BCUT2D eigenvalue weighted by Crippen LogP contribution is 2.12. The maximum Gasteiger partial charge on any atom is 0.341 e. The number of para-hydroxylation sites is 1. The molecule has 2 aromatic rings. The Bertz CT molecular complexity index is 629. The largest absolute Gasteiger partial charge is 0.341 e. The summed E-state index contributed by atoms with van der Waals surface area (Å²) in [6, 6.07) is 11.8. The standard InChI is InChI=1S/C15H15N3O3S/c19-9-8-16-15(21)18(12-5-2-1-3-6-12)17-14(20)11-13-7-4-10-22-13/h1-7,9-10H,8,11H2,(H,16,21)(H,17,20). The molecule has 114 valence electrons. The lowest BCUT2D eigenvalue weighted by Crippen LogP contribution is -2.51. The van der Waals surface area contributed by atoms with Gasteiger partial charge in [-0.05, 0) is 23.6 Å². The van der Waals surface area contributed by atoms with Gasteiger partial charge in [0.05, 0.1) is 18.7 Å². The minimum atomic E-state index is -0.571. The van der Waals surface area contributed by atoms with Gasteiger partial charge < -0.3 is 10.1 Å². The van der Waals surface area contributed by atoms with Gasteiger partial charge in [0.25, 0.3) is 0 Å². The zero-order chi connectivity index (χ0) is 15.8. The zero-order valence-electron chi connectivity index (χ0n) is 11.7. The van der Waals surface area contributed by atoms with Crippen LogP contribution in [0, 0.1) is 0 Å². The third-order valence-corrected chi connectivity index (χ3v) is 3.58. The number of nitrogens with zero attached hydrogens (tertiary/aromatic N) is 1. The third-order valence-electron chi connectivity index (χ3n) is 2.71. The fraction of sp³-hybridized carbons (Fsp3) is 0.133. The van der Waals surface area contributed by atoms with Crippen LogP contribution >= 0.6 is 11.3 Å². The van der Waals surface area contributed by atoms with Crippen LogP contribution in [0.4, 0.5) is 10.5 Å². The Kier molecular flexibility index (Phi) is 5.67. The van der Waals surface area contributed by atoms with Crippen LogP contribution in [0.5, 0.6) is 0 Å². The molecular weight excluding hydrogens is 302 g/mol. The molecule has 0 atom stereocenters. The number of hydrogen-bond acceptors (Lipinski definition) is 4. The molecule has 0 fully saturated rings. The van der Waals surface area contributed by atoms with Crippen molar-refractivity contribution in [2.24, 2.45) is 0 Å². The van der Waals surface area contributed by atoms with E-state index >= 15 is 0 Å². The number of rotatable bonds is 5. The van der Waals surface area contributed by atoms with Gasteiger partial charge in [0.15, 0.2) is 0 Å². The monoisotopic (exact) mass is 317 g/mol. The van der Waals surface area contributed by atoms with Gasteiger partial charge in [0.2, 0.25) is 5.91 Å². The third kappa shape index (κ3) is 4.42. The Morgan fingerprint density at radius 2 is 1.91 bits per heavy atom. The first kappa shape index (κ1) is 15.7. The van der Waals surface area contributed by atoms with Crippen molar-refractivity contribution in [1.29, 1.82) is 0 Å². The lowest BCUT2D eigenvalue weighted by atomic mass is 10.3. The van der Waals surface area contributed by atoms with E-state index in [1.807, 2.05) is 17.5 Å². The maximum atomic E-state index is 12.1. The number of anilines is 1. The highest BCUT2D eigenvalue weighted by atomic mass is 32.1. The fourth-order valence-corrected chi connectivity index (χ4v) is 2.46. The Balaban J connectivity index is 2.08. The molecule has 6 nitrogen and oxygen atoms in total. The van der Waals surface area contributed by atoms with Crippen LogP contribution < -0.4 is 15.8 Å². The molecule has 0 unspecified atom stereocenters. The van der Waals surface area contributed by atoms with Gasteiger partial charge in [-0.25, -0.2) is 9.80 Å². The molecule has 0 bridgehead atoms. The lowest BCUT2D eigenvalue weighted by Gasteiger charge is -2.23. The maximum absolute atomic E-state index is 12.1. The molecule has 2 N–H and O–H groups in total. The second kappa shape index (κ2) is 7.94. The Hall–Kier alpha value is -2.67. The van der Waals surface area contributed by atoms with Gasteiger partial charge >= 0.3 is 6.03 Å². The summed E-state index contributed by atoms with van der Waals surface area (Å²) in [4.78, 5) is 35.4. The molecule has 1 heterocycles. The normalized spacial score (nSPS) is 9.82. The van der Waals surface area contributed by atoms with Crippen LogP contribution in [0.15, 0.2) is 47.8 Å². The molecule has 1 aromatic carbocycles. The molecule has 0 aliphatic heterocycles. The predicted octanol–water partition coefficient (Wildman–Crippen LogP) is 1.74. The van der Waals surface area contributed by atoms with E-state index in [1.165, 1.54) is 11.3 Å². The summed E-state index contributed by atoms with van der Waals surface area (Å²) < 4.78 is 0. The molecule has 0 aliphatic carbocycles. The molecule has 0 spiro atoms. The van der Waals surface area contributed by atoms with E-state index in [4.69, 9.17) is 0 Å². The number of thiophene rings is 1. The number of urea groups is 1. The lowest BCUT2D eigenvalue weighted by molar-refractivity contribution is -0.120. The second-order valence-corrected chi connectivity index (χ2v) is 5.35. The molecule has 3 amide bonds. The number of carbonyl (C=O) groups excluding carboxylic acids is 3. The summed E-state index contributed by atoms with van der Waals surface area (Å²) in [7, 11) is 0. The summed E-state index contributed by atoms with van der Waals surface area (Å²) in [5.41, 5.74) is 3.06. The average molecular weight is 317 g/mol. The molecular formula is C15H15N3O3S. The number of benzene rings is 1. The number of amides is 3. The number of hydrogen-bond donors (Lipinski definition) is 2. The smallest absolute Gasteiger partial charge is 0.329 e. The van der Waals surface area contributed by atoms with Crippen LogP contribution in [0.3, 0.4) is 0 Å². The zero-order valence-corrected chi connectivity index (χ0v) is 12.5. The van der Waals surface area contributed by atoms with Gasteiger partial charge in [-0.2, -0.15) is 0 Å². The Labute approximate surface area is 131 Å². The summed E-state index contributed by atoms with van der Waals surface area (Å²) in [6.07, 6.45) is 0.760. The predicted molar refractivity (Wildman–Crippen MR) is 84.5 cm³/mol. The summed E-state index contributed by atoms with van der Waals surface area (Å²) in [6.45, 7) is -0.122. The topological polar surface area (TPSA) is 78.5 Å². The van der Waals surface area contributed by atoms with Gasteiger partial charge in [-0.15, -0.1) is 11.3 Å². The second-order valence-electron chi connectivity index (χ2n) is 4.31. The Morgan fingerprint density at radius 3 is 2.55 bits per heavy atom. The summed E-state index contributed by atoms with van der Waals surface area (Å²) in [5, 5.41) is 5.38. The number of carbonyl (C=O) groups is 3. The quantitative estimate of drug-likeness (QED) is 0.651. The van der Waals surface area contributed by atoms with Crippen LogP contribution in [0.25, 0.3) is 0 Å². The number of hydrazine groups is 1. The highest BCUT2D eigenvalue weighted by molar-refractivity contribution is 7.10.